The quantitative estimate of drug-likeness (QED) is 0.600. The number of aromatic nitrogens is 2. The Balaban J connectivity index is 2.68. The lowest BCUT2D eigenvalue weighted by Crippen LogP contribution is -2.45. The van der Waals surface area contributed by atoms with E-state index in [4.69, 9.17) is 11.1 Å². The van der Waals surface area contributed by atoms with Crippen molar-refractivity contribution in [1.29, 1.82) is 5.26 Å². The lowest BCUT2D eigenvalue weighted by Gasteiger charge is -2.14. The van der Waals surface area contributed by atoms with Gasteiger partial charge in [-0.2, -0.15) is 23.9 Å². The van der Waals surface area contributed by atoms with E-state index in [0.29, 0.717) is 10.1 Å². The lowest BCUT2D eigenvalue weighted by atomic mass is 10.1. The molecule has 1 aromatic heterocycles. The average molecular weight is 355 g/mol. The lowest BCUT2D eigenvalue weighted by molar-refractivity contribution is -0.143. The van der Waals surface area contributed by atoms with E-state index in [-0.39, 0.29) is 28.5 Å². The second-order valence-corrected chi connectivity index (χ2v) is 4.83. The van der Waals surface area contributed by atoms with Gasteiger partial charge in [-0.15, -0.1) is 0 Å². The molecule has 0 saturated heterocycles. The number of alkyl halides is 3. The minimum Gasteiger partial charge on any atom is -0.335 e. The predicted molar refractivity (Wildman–Crippen MR) is 80.0 cm³/mol. The fourth-order valence-electron chi connectivity index (χ4n) is 2.14. The van der Waals surface area contributed by atoms with Crippen LogP contribution in [0.2, 0.25) is 0 Å². The van der Waals surface area contributed by atoms with Gasteiger partial charge in [-0.05, 0) is 23.8 Å². The molecule has 3 N–H and O–H groups in total. The Kier molecular flexibility index (Phi) is 4.96. The van der Waals surface area contributed by atoms with Crippen LogP contribution in [0.4, 0.5) is 13.2 Å². The summed E-state index contributed by atoms with van der Waals surface area (Å²) < 4.78 is 38.7. The van der Waals surface area contributed by atoms with Gasteiger partial charge in [-0.25, -0.2) is 14.0 Å². The Morgan fingerprint density at radius 1 is 1.32 bits per heavy atom. The molecule has 1 aromatic carbocycles. The Bertz CT molecular complexity index is 956. The molecule has 8 nitrogen and oxygen atoms in total. The molecule has 0 aliphatic heterocycles. The molecular formula is C14H12F3N5O3. The molecule has 2 aromatic rings. The summed E-state index contributed by atoms with van der Waals surface area (Å²) in [5.41, 5.74) is -1.06. The van der Waals surface area contributed by atoms with Crippen molar-refractivity contribution in [2.45, 2.75) is 12.7 Å². The van der Waals surface area contributed by atoms with Crippen LogP contribution in [0.1, 0.15) is 16.8 Å². The van der Waals surface area contributed by atoms with Crippen molar-refractivity contribution in [3.05, 3.63) is 61.9 Å². The van der Waals surface area contributed by atoms with Crippen LogP contribution < -0.4 is 22.6 Å². The van der Waals surface area contributed by atoms with Crippen LogP contribution in [-0.4, -0.2) is 16.4 Å². The van der Waals surface area contributed by atoms with Gasteiger partial charge >= 0.3 is 11.9 Å². The normalized spacial score (nSPS) is 11.3. The summed E-state index contributed by atoms with van der Waals surface area (Å²) in [6.45, 7) is 0.0689. The van der Waals surface area contributed by atoms with Crippen LogP contribution in [0.5, 0.6) is 0 Å². The number of halogens is 3. The number of nitrogens with zero attached hydrogens (tertiary/aromatic N) is 3. The number of benzene rings is 1. The molecule has 0 spiro atoms. The smallest absolute Gasteiger partial charge is 0.335 e. The van der Waals surface area contributed by atoms with E-state index in [0.717, 1.165) is 0 Å². The topological polar surface area (TPSA) is 115 Å². The van der Waals surface area contributed by atoms with E-state index in [1.165, 1.54) is 25.3 Å². The highest BCUT2D eigenvalue weighted by molar-refractivity contribution is 5.46. The van der Waals surface area contributed by atoms with Gasteiger partial charge in [0.05, 0.1) is 24.4 Å². The van der Waals surface area contributed by atoms with Crippen molar-refractivity contribution in [2.75, 3.05) is 13.0 Å². The van der Waals surface area contributed by atoms with E-state index in [1.54, 1.807) is 0 Å². The Labute approximate surface area is 138 Å². The van der Waals surface area contributed by atoms with Crippen LogP contribution in [0.25, 0.3) is 5.69 Å². The molecule has 0 saturated carbocycles. The number of nitrogen functional groups attached to an aromatic ring is 1. The average Bonchev–Trinajstić information content (AvgIpc) is 2.55. The number of nitrogens with two attached hydrogens (primary N) is 1. The summed E-state index contributed by atoms with van der Waals surface area (Å²) in [6, 6.07) is 6.03. The van der Waals surface area contributed by atoms with Gasteiger partial charge in [-0.3, -0.25) is 4.79 Å². The highest BCUT2D eigenvalue weighted by Gasteiger charge is 2.35. The van der Waals surface area contributed by atoms with Crippen LogP contribution in [0, 0.1) is 11.3 Å². The maximum absolute atomic E-state index is 12.8. The molecular weight excluding hydrogens is 343 g/mol. The Morgan fingerprint density at radius 3 is 2.56 bits per heavy atom. The van der Waals surface area contributed by atoms with Gasteiger partial charge < -0.3 is 10.7 Å². The molecule has 0 amide bonds. The fourth-order valence-corrected chi connectivity index (χ4v) is 2.14. The first kappa shape index (κ1) is 18.2. The molecule has 25 heavy (non-hydrogen) atoms. The van der Waals surface area contributed by atoms with E-state index >= 15 is 0 Å². The van der Waals surface area contributed by atoms with E-state index in [2.05, 4.69) is 10.3 Å². The molecule has 0 atom stereocenters. The number of rotatable bonds is 4. The number of hydroxylamine groups is 1. The first-order chi connectivity index (χ1) is 11.7. The van der Waals surface area contributed by atoms with Gasteiger partial charge in [0.2, 0.25) is 0 Å². The number of nitrogens with one attached hydrogen (secondary N) is 1. The van der Waals surface area contributed by atoms with Gasteiger partial charge in [0.1, 0.15) is 0 Å². The van der Waals surface area contributed by atoms with Gasteiger partial charge in [0.15, 0.2) is 5.69 Å². The summed E-state index contributed by atoms with van der Waals surface area (Å²) in [4.78, 5) is 28.8. The standard InChI is InChI=1S/C14H12F3N5O3/c1-25-20-7-9-4-10(3-2-8(9)6-18)21-12(23)5-11(14(15,16)17)22(19)13(21)24/h2-5,20H,7,19H2,1H3. The van der Waals surface area contributed by atoms with Crippen molar-refractivity contribution >= 4 is 0 Å². The second-order valence-electron chi connectivity index (χ2n) is 4.83. The fraction of sp³-hybridized carbons (Fsp3) is 0.214. The minimum absolute atomic E-state index is 0.0326. The molecule has 1 heterocycles. The third-order valence-corrected chi connectivity index (χ3v) is 3.30. The van der Waals surface area contributed by atoms with Gasteiger partial charge in [-0.1, -0.05) is 0 Å². The largest absolute Gasteiger partial charge is 0.433 e. The van der Waals surface area contributed by atoms with E-state index in [1.807, 2.05) is 6.07 Å². The van der Waals surface area contributed by atoms with Crippen LogP contribution in [0.15, 0.2) is 33.9 Å². The van der Waals surface area contributed by atoms with Crippen molar-refractivity contribution in [3.8, 4) is 11.8 Å². The van der Waals surface area contributed by atoms with Crippen LogP contribution in [-0.2, 0) is 17.6 Å². The van der Waals surface area contributed by atoms with E-state index in [9.17, 15) is 22.8 Å². The molecule has 2 rings (SSSR count). The SMILES string of the molecule is CONCc1cc(-n2c(=O)cc(C(F)(F)F)n(N)c2=O)ccc1C#N. The Hall–Kier alpha value is -3.10. The maximum atomic E-state index is 12.8. The molecule has 0 radical (unpaired) electrons. The predicted octanol–water partition coefficient (Wildman–Crippen LogP) is 0.254. The third kappa shape index (κ3) is 3.54. The first-order valence-electron chi connectivity index (χ1n) is 6.71. The monoisotopic (exact) mass is 355 g/mol. The molecule has 0 fully saturated rings. The number of hydrogen-bond acceptors (Lipinski definition) is 6. The van der Waals surface area contributed by atoms with Gasteiger partial charge in [0.25, 0.3) is 5.56 Å². The number of hydrogen-bond donors (Lipinski definition) is 2. The van der Waals surface area contributed by atoms with Crippen molar-refractivity contribution in [3.63, 3.8) is 0 Å². The minimum atomic E-state index is -4.95. The molecule has 0 aliphatic rings. The summed E-state index contributed by atoms with van der Waals surface area (Å²) in [5, 5.41) is 9.06. The number of nitriles is 1. The van der Waals surface area contributed by atoms with Crippen LogP contribution in [0.3, 0.4) is 0 Å². The highest BCUT2D eigenvalue weighted by Crippen LogP contribution is 2.26. The van der Waals surface area contributed by atoms with Crippen molar-refractivity contribution < 1.29 is 18.0 Å². The zero-order chi connectivity index (χ0) is 18.8. The summed E-state index contributed by atoms with van der Waals surface area (Å²) in [7, 11) is 1.35. The Morgan fingerprint density at radius 2 is 2.00 bits per heavy atom. The zero-order valence-corrected chi connectivity index (χ0v) is 12.8. The van der Waals surface area contributed by atoms with Crippen molar-refractivity contribution in [1.82, 2.24) is 14.7 Å². The second kappa shape index (κ2) is 6.80. The first-order valence-corrected chi connectivity index (χ1v) is 6.71. The van der Waals surface area contributed by atoms with Crippen molar-refractivity contribution in [2.24, 2.45) is 0 Å². The molecule has 0 aliphatic carbocycles. The molecule has 132 valence electrons. The maximum Gasteiger partial charge on any atom is 0.433 e. The van der Waals surface area contributed by atoms with Gasteiger partial charge in [0, 0.05) is 12.6 Å². The molecule has 0 unspecified atom stereocenters. The molecule has 0 bridgehead atoms. The summed E-state index contributed by atoms with van der Waals surface area (Å²) in [6.07, 6.45) is -4.95. The zero-order valence-electron chi connectivity index (χ0n) is 12.8. The summed E-state index contributed by atoms with van der Waals surface area (Å²) >= 11 is 0. The molecule has 11 heteroatoms. The van der Waals surface area contributed by atoms with Crippen LogP contribution >= 0.6 is 0 Å². The third-order valence-electron chi connectivity index (χ3n) is 3.30. The van der Waals surface area contributed by atoms with E-state index < -0.39 is 23.1 Å². The summed E-state index contributed by atoms with van der Waals surface area (Å²) in [5.74, 6) is 5.19. The highest BCUT2D eigenvalue weighted by atomic mass is 19.4.